The van der Waals surface area contributed by atoms with Crippen LogP contribution in [0.25, 0.3) is 0 Å². The van der Waals surface area contributed by atoms with Crippen molar-refractivity contribution in [2.45, 2.75) is 71.5 Å². The summed E-state index contributed by atoms with van der Waals surface area (Å²) in [6.07, 6.45) is 7.38. The van der Waals surface area contributed by atoms with Gasteiger partial charge in [-0.1, -0.05) is 12.8 Å². The fourth-order valence-corrected chi connectivity index (χ4v) is 2.40. The highest BCUT2D eigenvalue weighted by atomic mass is 16.5. The first kappa shape index (κ1) is 15.8. The second-order valence-electron chi connectivity index (χ2n) is 5.65. The number of nitrogens with one attached hydrogen (secondary N) is 1. The van der Waals surface area contributed by atoms with Crippen LogP contribution in [0.2, 0.25) is 0 Å². The molecule has 0 spiro atoms. The van der Waals surface area contributed by atoms with Gasteiger partial charge in [-0.25, -0.2) is 0 Å². The lowest BCUT2D eigenvalue weighted by atomic mass is 10.2. The lowest BCUT2D eigenvalue weighted by molar-refractivity contribution is 0.160. The summed E-state index contributed by atoms with van der Waals surface area (Å²) in [5.41, 5.74) is 0. The highest BCUT2D eigenvalue weighted by Crippen LogP contribution is 2.22. The molecule has 1 aromatic rings. The summed E-state index contributed by atoms with van der Waals surface area (Å²) < 4.78 is 11.5. The summed E-state index contributed by atoms with van der Waals surface area (Å²) in [5, 5.41) is 3.09. The summed E-state index contributed by atoms with van der Waals surface area (Å²) in [6.45, 7) is 6.64. The van der Waals surface area contributed by atoms with Crippen molar-refractivity contribution in [2.24, 2.45) is 0 Å². The van der Waals surface area contributed by atoms with Gasteiger partial charge in [0.25, 0.3) is 0 Å². The topological polar surface area (TPSA) is 69.2 Å². The first-order chi connectivity index (χ1) is 10.2. The SMILES string of the molecule is CCNc1nc(OC(C)C)nc(OC2CCCCCC2)n1. The molecule has 0 aliphatic heterocycles. The van der Waals surface area contributed by atoms with Crippen LogP contribution in [-0.4, -0.2) is 33.7 Å². The van der Waals surface area contributed by atoms with Crippen LogP contribution >= 0.6 is 0 Å². The maximum Gasteiger partial charge on any atom is 0.324 e. The average Bonchev–Trinajstić information content (AvgIpc) is 2.66. The average molecular weight is 294 g/mol. The molecule has 1 aromatic heterocycles. The van der Waals surface area contributed by atoms with Gasteiger partial charge in [0.15, 0.2) is 0 Å². The molecule has 1 heterocycles. The molecule has 6 heteroatoms. The van der Waals surface area contributed by atoms with Crippen LogP contribution in [0.1, 0.15) is 59.3 Å². The summed E-state index contributed by atoms with van der Waals surface area (Å²) in [4.78, 5) is 12.8. The van der Waals surface area contributed by atoms with Crippen molar-refractivity contribution in [1.29, 1.82) is 0 Å². The van der Waals surface area contributed by atoms with Crippen LogP contribution in [0.15, 0.2) is 0 Å². The van der Waals surface area contributed by atoms with Gasteiger partial charge >= 0.3 is 12.0 Å². The van der Waals surface area contributed by atoms with Crippen LogP contribution in [0.5, 0.6) is 12.0 Å². The molecule has 1 aliphatic rings. The molecule has 118 valence electrons. The maximum absolute atomic E-state index is 5.96. The van der Waals surface area contributed by atoms with E-state index in [-0.39, 0.29) is 12.2 Å². The Morgan fingerprint density at radius 3 is 2.33 bits per heavy atom. The van der Waals surface area contributed by atoms with Crippen molar-refractivity contribution in [2.75, 3.05) is 11.9 Å². The van der Waals surface area contributed by atoms with Gasteiger partial charge in [-0.15, -0.1) is 4.98 Å². The van der Waals surface area contributed by atoms with Crippen molar-refractivity contribution in [1.82, 2.24) is 15.0 Å². The normalized spacial score (nSPS) is 16.6. The minimum Gasteiger partial charge on any atom is -0.461 e. The molecule has 0 radical (unpaired) electrons. The first-order valence-corrected chi connectivity index (χ1v) is 8.00. The second-order valence-corrected chi connectivity index (χ2v) is 5.65. The molecule has 0 atom stereocenters. The molecule has 0 aromatic carbocycles. The smallest absolute Gasteiger partial charge is 0.324 e. The predicted octanol–water partition coefficient (Wildman–Crippen LogP) is 3.19. The van der Waals surface area contributed by atoms with Gasteiger partial charge in [-0.3, -0.25) is 0 Å². The number of aromatic nitrogens is 3. The maximum atomic E-state index is 5.96. The Bertz CT molecular complexity index is 432. The van der Waals surface area contributed by atoms with E-state index in [0.717, 1.165) is 19.4 Å². The fourth-order valence-electron chi connectivity index (χ4n) is 2.40. The van der Waals surface area contributed by atoms with E-state index >= 15 is 0 Å². The molecule has 0 unspecified atom stereocenters. The molecular formula is C15H26N4O2. The molecule has 1 aliphatic carbocycles. The lowest BCUT2D eigenvalue weighted by Crippen LogP contribution is -2.18. The summed E-state index contributed by atoms with van der Waals surface area (Å²) in [6, 6.07) is 0.683. The third kappa shape index (κ3) is 5.36. The van der Waals surface area contributed by atoms with Gasteiger partial charge < -0.3 is 14.8 Å². The lowest BCUT2D eigenvalue weighted by Gasteiger charge is -2.16. The van der Waals surface area contributed by atoms with Crippen LogP contribution in [-0.2, 0) is 0 Å². The van der Waals surface area contributed by atoms with Crippen molar-refractivity contribution in [3.63, 3.8) is 0 Å². The van der Waals surface area contributed by atoms with Gasteiger partial charge in [-0.05, 0) is 46.5 Å². The largest absolute Gasteiger partial charge is 0.461 e. The quantitative estimate of drug-likeness (QED) is 0.813. The van der Waals surface area contributed by atoms with Gasteiger partial charge in [-0.2, -0.15) is 9.97 Å². The Balaban J connectivity index is 2.10. The number of anilines is 1. The zero-order valence-corrected chi connectivity index (χ0v) is 13.3. The molecule has 6 nitrogen and oxygen atoms in total. The van der Waals surface area contributed by atoms with Crippen molar-refractivity contribution < 1.29 is 9.47 Å². The van der Waals surface area contributed by atoms with Crippen LogP contribution in [0, 0.1) is 0 Å². The highest BCUT2D eigenvalue weighted by Gasteiger charge is 2.17. The van der Waals surface area contributed by atoms with E-state index in [9.17, 15) is 0 Å². The second kappa shape index (κ2) is 8.00. The third-order valence-electron chi connectivity index (χ3n) is 3.34. The van der Waals surface area contributed by atoms with Crippen LogP contribution < -0.4 is 14.8 Å². The van der Waals surface area contributed by atoms with Crippen molar-refractivity contribution in [3.05, 3.63) is 0 Å². The van der Waals surface area contributed by atoms with E-state index in [1.165, 1.54) is 25.7 Å². The molecule has 0 bridgehead atoms. The van der Waals surface area contributed by atoms with E-state index < -0.39 is 0 Å². The molecular weight excluding hydrogens is 268 g/mol. The van der Waals surface area contributed by atoms with E-state index in [4.69, 9.17) is 9.47 Å². The van der Waals surface area contributed by atoms with Gasteiger partial charge in [0.05, 0.1) is 6.10 Å². The third-order valence-corrected chi connectivity index (χ3v) is 3.34. The van der Waals surface area contributed by atoms with Crippen molar-refractivity contribution in [3.8, 4) is 12.0 Å². The van der Waals surface area contributed by atoms with E-state index in [2.05, 4.69) is 20.3 Å². The zero-order valence-electron chi connectivity index (χ0n) is 13.3. The monoisotopic (exact) mass is 294 g/mol. The summed E-state index contributed by atoms with van der Waals surface area (Å²) in [5.74, 6) is 0.506. The number of ether oxygens (including phenoxy) is 2. The van der Waals surface area contributed by atoms with Crippen LogP contribution in [0.3, 0.4) is 0 Å². The van der Waals surface area contributed by atoms with E-state index in [0.29, 0.717) is 18.0 Å². The number of nitrogens with zero attached hydrogens (tertiary/aromatic N) is 3. The highest BCUT2D eigenvalue weighted by molar-refractivity contribution is 5.27. The van der Waals surface area contributed by atoms with Gasteiger partial charge in [0.1, 0.15) is 6.10 Å². The number of hydrogen-bond acceptors (Lipinski definition) is 6. The van der Waals surface area contributed by atoms with E-state index in [1.807, 2.05) is 20.8 Å². The fraction of sp³-hybridized carbons (Fsp3) is 0.800. The minimum absolute atomic E-state index is 0.0209. The molecule has 21 heavy (non-hydrogen) atoms. The van der Waals surface area contributed by atoms with Gasteiger partial charge in [0, 0.05) is 6.54 Å². The Kier molecular flexibility index (Phi) is 6.02. The number of hydrogen-bond donors (Lipinski definition) is 1. The molecule has 0 amide bonds. The molecule has 1 fully saturated rings. The Morgan fingerprint density at radius 1 is 1.05 bits per heavy atom. The Hall–Kier alpha value is -1.59. The van der Waals surface area contributed by atoms with Crippen LogP contribution in [0.4, 0.5) is 5.95 Å². The predicted molar refractivity (Wildman–Crippen MR) is 81.9 cm³/mol. The zero-order chi connectivity index (χ0) is 15.1. The van der Waals surface area contributed by atoms with E-state index in [1.54, 1.807) is 0 Å². The summed E-state index contributed by atoms with van der Waals surface area (Å²) >= 11 is 0. The summed E-state index contributed by atoms with van der Waals surface area (Å²) in [7, 11) is 0. The molecule has 1 saturated carbocycles. The molecule has 0 saturated heterocycles. The number of rotatable bonds is 6. The van der Waals surface area contributed by atoms with Crippen molar-refractivity contribution >= 4 is 5.95 Å². The molecule has 2 rings (SSSR count). The minimum atomic E-state index is 0.0209. The van der Waals surface area contributed by atoms with Gasteiger partial charge in [0.2, 0.25) is 5.95 Å². The Morgan fingerprint density at radius 2 is 1.71 bits per heavy atom. The molecule has 1 N–H and O–H groups in total. The first-order valence-electron chi connectivity index (χ1n) is 8.00. The standard InChI is InChI=1S/C15H26N4O2/c1-4-16-13-17-14(20-11(2)3)19-15(18-13)21-12-9-7-5-6-8-10-12/h11-12H,4-10H2,1-3H3,(H,16,17,18,19). The Labute approximate surface area is 126 Å².